The Morgan fingerprint density at radius 2 is 2.21 bits per heavy atom. The van der Waals surface area contributed by atoms with Crippen molar-refractivity contribution in [3.05, 3.63) is 52.1 Å². The minimum atomic E-state index is -0.108. The summed E-state index contributed by atoms with van der Waals surface area (Å²) < 4.78 is 0.671. The summed E-state index contributed by atoms with van der Waals surface area (Å²) in [5, 5.41) is 2.75. The van der Waals surface area contributed by atoms with E-state index in [1.165, 1.54) is 6.20 Å². The van der Waals surface area contributed by atoms with E-state index >= 15 is 0 Å². The maximum absolute atomic E-state index is 11.9. The molecule has 0 saturated carbocycles. The zero-order valence-corrected chi connectivity index (χ0v) is 12.1. The monoisotopic (exact) mass is 319 g/mol. The Kier molecular flexibility index (Phi) is 4.16. The van der Waals surface area contributed by atoms with Gasteiger partial charge in [-0.3, -0.25) is 4.79 Å². The highest BCUT2D eigenvalue weighted by molar-refractivity contribution is 9.10. The van der Waals surface area contributed by atoms with Gasteiger partial charge in [0.15, 0.2) is 0 Å². The largest absolute Gasteiger partial charge is 0.397 e. The zero-order valence-electron chi connectivity index (χ0n) is 10.5. The maximum Gasteiger partial charge on any atom is 0.229 e. The Balaban J connectivity index is 2.05. The first-order valence-electron chi connectivity index (χ1n) is 5.81. The van der Waals surface area contributed by atoms with Crippen molar-refractivity contribution in [2.75, 3.05) is 11.1 Å². The summed E-state index contributed by atoms with van der Waals surface area (Å²) in [6.07, 6.45) is 1.83. The van der Waals surface area contributed by atoms with E-state index in [0.29, 0.717) is 22.4 Å². The van der Waals surface area contributed by atoms with Crippen LogP contribution in [0.1, 0.15) is 11.1 Å². The molecule has 0 aliphatic heterocycles. The van der Waals surface area contributed by atoms with Gasteiger partial charge in [-0.2, -0.15) is 0 Å². The van der Waals surface area contributed by atoms with Gasteiger partial charge in [0, 0.05) is 0 Å². The van der Waals surface area contributed by atoms with Gasteiger partial charge in [-0.05, 0) is 34.5 Å². The molecule has 19 heavy (non-hydrogen) atoms. The first-order chi connectivity index (χ1) is 9.04. The predicted molar refractivity (Wildman–Crippen MR) is 79.9 cm³/mol. The Hall–Kier alpha value is -1.88. The van der Waals surface area contributed by atoms with Gasteiger partial charge in [0.2, 0.25) is 5.91 Å². The number of carbonyl (C=O) groups is 1. The molecule has 0 saturated heterocycles. The molecule has 1 amide bonds. The number of rotatable bonds is 3. The molecular weight excluding hydrogens is 306 g/mol. The fraction of sp³-hybridized carbons (Fsp3) is 0.143. The molecule has 0 bridgehead atoms. The van der Waals surface area contributed by atoms with Crippen LogP contribution < -0.4 is 11.1 Å². The van der Waals surface area contributed by atoms with E-state index in [0.717, 1.165) is 11.1 Å². The van der Waals surface area contributed by atoms with Gasteiger partial charge < -0.3 is 11.1 Å². The zero-order chi connectivity index (χ0) is 13.8. The molecule has 2 rings (SSSR count). The van der Waals surface area contributed by atoms with Crippen LogP contribution in [-0.4, -0.2) is 10.9 Å². The molecule has 0 fully saturated rings. The number of nitrogens with one attached hydrogen (secondary N) is 1. The third kappa shape index (κ3) is 3.79. The van der Waals surface area contributed by atoms with Crippen LogP contribution in [0.2, 0.25) is 0 Å². The van der Waals surface area contributed by atoms with Gasteiger partial charge in [-0.15, -0.1) is 0 Å². The van der Waals surface area contributed by atoms with Crippen molar-refractivity contribution in [2.45, 2.75) is 13.3 Å². The second-order valence-electron chi connectivity index (χ2n) is 4.31. The van der Waals surface area contributed by atoms with Gasteiger partial charge in [-0.25, -0.2) is 4.98 Å². The van der Waals surface area contributed by atoms with E-state index in [9.17, 15) is 4.79 Å². The summed E-state index contributed by atoms with van der Waals surface area (Å²) in [5.74, 6) is 0.371. The highest BCUT2D eigenvalue weighted by Gasteiger charge is 2.08. The number of nitrogens with two attached hydrogens (primary N) is 1. The van der Waals surface area contributed by atoms with Crippen LogP contribution in [0.15, 0.2) is 41.0 Å². The number of hydrogen-bond acceptors (Lipinski definition) is 3. The van der Waals surface area contributed by atoms with Crippen LogP contribution >= 0.6 is 15.9 Å². The minimum Gasteiger partial charge on any atom is -0.397 e. The van der Waals surface area contributed by atoms with E-state index in [1.807, 2.05) is 31.2 Å². The Morgan fingerprint density at radius 1 is 1.42 bits per heavy atom. The molecule has 3 N–H and O–H groups in total. The van der Waals surface area contributed by atoms with Crippen molar-refractivity contribution in [1.82, 2.24) is 4.98 Å². The molecule has 0 aliphatic rings. The van der Waals surface area contributed by atoms with Crippen LogP contribution in [0.4, 0.5) is 11.5 Å². The number of hydrogen-bond donors (Lipinski definition) is 2. The smallest absolute Gasteiger partial charge is 0.229 e. The Morgan fingerprint density at radius 3 is 2.89 bits per heavy atom. The van der Waals surface area contributed by atoms with Gasteiger partial charge in [0.25, 0.3) is 0 Å². The molecule has 2 aromatic rings. The number of aromatic nitrogens is 1. The fourth-order valence-electron chi connectivity index (χ4n) is 1.73. The lowest BCUT2D eigenvalue weighted by Crippen LogP contribution is -2.15. The number of anilines is 2. The third-order valence-electron chi connectivity index (χ3n) is 2.57. The average molecular weight is 320 g/mol. The SMILES string of the molecule is Cc1cccc(CC(=O)Nc2ncc(N)cc2Br)c1. The normalized spacial score (nSPS) is 10.2. The first-order valence-corrected chi connectivity index (χ1v) is 6.60. The molecule has 98 valence electrons. The van der Waals surface area contributed by atoms with Crippen molar-refractivity contribution in [2.24, 2.45) is 0 Å². The second-order valence-corrected chi connectivity index (χ2v) is 5.17. The van der Waals surface area contributed by atoms with E-state index in [-0.39, 0.29) is 5.91 Å². The number of carbonyl (C=O) groups excluding carboxylic acids is 1. The summed E-state index contributed by atoms with van der Waals surface area (Å²) in [6, 6.07) is 9.56. The van der Waals surface area contributed by atoms with Crippen molar-refractivity contribution >= 4 is 33.3 Å². The molecular formula is C14H14BrN3O. The topological polar surface area (TPSA) is 68.0 Å². The van der Waals surface area contributed by atoms with Crippen LogP contribution in [0.5, 0.6) is 0 Å². The van der Waals surface area contributed by atoms with E-state index in [2.05, 4.69) is 26.2 Å². The number of aryl methyl sites for hydroxylation is 1. The number of halogens is 1. The van der Waals surface area contributed by atoms with E-state index < -0.39 is 0 Å². The molecule has 0 unspecified atom stereocenters. The standard InChI is InChI=1S/C14H14BrN3O/c1-9-3-2-4-10(5-9)6-13(19)18-14-12(15)7-11(16)8-17-14/h2-5,7-8H,6,16H2,1H3,(H,17,18,19). The lowest BCUT2D eigenvalue weighted by Gasteiger charge is -2.07. The van der Waals surface area contributed by atoms with Crippen LogP contribution in [0.25, 0.3) is 0 Å². The molecule has 0 radical (unpaired) electrons. The lowest BCUT2D eigenvalue weighted by molar-refractivity contribution is -0.115. The maximum atomic E-state index is 11.9. The van der Waals surface area contributed by atoms with Gasteiger partial charge in [0.05, 0.1) is 22.8 Å². The first kappa shape index (κ1) is 13.5. The highest BCUT2D eigenvalue weighted by Crippen LogP contribution is 2.21. The molecule has 0 aliphatic carbocycles. The molecule has 0 atom stereocenters. The average Bonchev–Trinajstić information content (AvgIpc) is 2.33. The molecule has 0 spiro atoms. The summed E-state index contributed by atoms with van der Waals surface area (Å²) in [5.41, 5.74) is 8.25. The third-order valence-corrected chi connectivity index (χ3v) is 3.17. The molecule has 1 heterocycles. The van der Waals surface area contributed by atoms with Crippen LogP contribution in [0, 0.1) is 6.92 Å². The minimum absolute atomic E-state index is 0.108. The second kappa shape index (κ2) is 5.84. The fourth-order valence-corrected chi connectivity index (χ4v) is 2.19. The molecule has 1 aromatic carbocycles. The van der Waals surface area contributed by atoms with Crippen molar-refractivity contribution in [3.63, 3.8) is 0 Å². The predicted octanol–water partition coefficient (Wildman–Crippen LogP) is 2.92. The van der Waals surface area contributed by atoms with Crippen LogP contribution in [-0.2, 0) is 11.2 Å². The van der Waals surface area contributed by atoms with Crippen molar-refractivity contribution in [1.29, 1.82) is 0 Å². The summed E-state index contributed by atoms with van der Waals surface area (Å²) in [6.45, 7) is 2.00. The summed E-state index contributed by atoms with van der Waals surface area (Å²) in [7, 11) is 0. The van der Waals surface area contributed by atoms with Crippen LogP contribution in [0.3, 0.4) is 0 Å². The molecule has 5 heteroatoms. The summed E-state index contributed by atoms with van der Waals surface area (Å²) >= 11 is 3.32. The number of pyridine rings is 1. The highest BCUT2D eigenvalue weighted by atomic mass is 79.9. The molecule has 1 aromatic heterocycles. The Bertz CT molecular complexity index is 613. The van der Waals surface area contributed by atoms with E-state index in [1.54, 1.807) is 6.07 Å². The number of nitrogens with zero attached hydrogens (tertiary/aromatic N) is 1. The summed E-state index contributed by atoms with van der Waals surface area (Å²) in [4.78, 5) is 16.0. The lowest BCUT2D eigenvalue weighted by atomic mass is 10.1. The number of nitrogen functional groups attached to an aromatic ring is 1. The number of amides is 1. The number of benzene rings is 1. The van der Waals surface area contributed by atoms with Crippen molar-refractivity contribution < 1.29 is 4.79 Å². The van der Waals surface area contributed by atoms with E-state index in [4.69, 9.17) is 5.73 Å². The van der Waals surface area contributed by atoms with Gasteiger partial charge in [0.1, 0.15) is 5.82 Å². The molecule has 4 nitrogen and oxygen atoms in total. The van der Waals surface area contributed by atoms with Gasteiger partial charge in [-0.1, -0.05) is 29.8 Å². The van der Waals surface area contributed by atoms with Gasteiger partial charge >= 0.3 is 0 Å². The Labute approximate surface area is 120 Å². The van der Waals surface area contributed by atoms with Crippen molar-refractivity contribution in [3.8, 4) is 0 Å². The quantitative estimate of drug-likeness (QED) is 0.914.